The van der Waals surface area contributed by atoms with Gasteiger partial charge in [0.1, 0.15) is 0 Å². The number of hydrogen-bond donors (Lipinski definition) is 0. The van der Waals surface area contributed by atoms with Crippen LogP contribution in [0.4, 0.5) is 0 Å². The van der Waals surface area contributed by atoms with Gasteiger partial charge in [-0.2, -0.15) is 0 Å². The zero-order valence-electron chi connectivity index (χ0n) is 5.48. The van der Waals surface area contributed by atoms with Crippen LogP contribution in [0.3, 0.4) is 0 Å². The minimum Gasteiger partial charge on any atom is -0.276 e. The van der Waals surface area contributed by atoms with Crippen LogP contribution in [0.5, 0.6) is 0 Å². The van der Waals surface area contributed by atoms with E-state index in [1.54, 1.807) is 12.2 Å². The Labute approximate surface area is 79.6 Å². The van der Waals surface area contributed by atoms with Gasteiger partial charge in [-0.05, 0) is 18.0 Å². The first kappa shape index (κ1) is 9.11. The van der Waals surface area contributed by atoms with E-state index in [0.717, 1.165) is 0 Å². The van der Waals surface area contributed by atoms with E-state index in [0.29, 0.717) is 17.0 Å². The van der Waals surface area contributed by atoms with Crippen molar-refractivity contribution in [2.45, 2.75) is 11.8 Å². The molecule has 0 saturated carbocycles. The van der Waals surface area contributed by atoms with E-state index in [1.807, 2.05) is 0 Å². The quantitative estimate of drug-likeness (QED) is 0.481. The van der Waals surface area contributed by atoms with Crippen LogP contribution in [-0.2, 0) is 4.79 Å². The van der Waals surface area contributed by atoms with Gasteiger partial charge in [0, 0.05) is 10.6 Å². The van der Waals surface area contributed by atoms with E-state index in [9.17, 15) is 4.79 Å². The zero-order chi connectivity index (χ0) is 8.43. The molecule has 0 spiro atoms. The van der Waals surface area contributed by atoms with Crippen molar-refractivity contribution in [3.05, 3.63) is 22.8 Å². The minimum absolute atomic E-state index is 0.305. The lowest BCUT2D eigenvalue weighted by Crippen LogP contribution is -2.07. The molecular formula is C7H5Cl3O. The van der Waals surface area contributed by atoms with Gasteiger partial charge in [0.05, 0.1) is 5.38 Å². The van der Waals surface area contributed by atoms with Crippen molar-refractivity contribution in [1.29, 1.82) is 0 Å². The van der Waals surface area contributed by atoms with E-state index in [2.05, 4.69) is 0 Å². The topological polar surface area (TPSA) is 17.1 Å². The summed E-state index contributed by atoms with van der Waals surface area (Å²) >= 11 is 16.7. The van der Waals surface area contributed by atoms with Gasteiger partial charge in [-0.15, -0.1) is 11.6 Å². The maximum atomic E-state index is 10.7. The predicted molar refractivity (Wildman–Crippen MR) is 47.1 cm³/mol. The Morgan fingerprint density at radius 3 is 2.73 bits per heavy atom. The van der Waals surface area contributed by atoms with E-state index in [1.165, 1.54) is 0 Å². The zero-order valence-corrected chi connectivity index (χ0v) is 7.75. The van der Waals surface area contributed by atoms with Gasteiger partial charge >= 0.3 is 0 Å². The van der Waals surface area contributed by atoms with Gasteiger partial charge in [-0.1, -0.05) is 23.8 Å². The number of rotatable bonds is 1. The maximum Gasteiger partial charge on any atom is 0.253 e. The van der Waals surface area contributed by atoms with Crippen LogP contribution in [0.25, 0.3) is 0 Å². The Hall–Kier alpha value is 0.0200. The van der Waals surface area contributed by atoms with E-state index >= 15 is 0 Å². The standard InChI is InChI=1S/C7H5Cl3O/c8-5-3-1-2-4(6(5)9)7(10)11/h1-2,5H,3H2. The molecule has 0 fully saturated rings. The second-order valence-corrected chi connectivity index (χ2v) is 3.42. The summed E-state index contributed by atoms with van der Waals surface area (Å²) < 4.78 is 0. The summed E-state index contributed by atoms with van der Waals surface area (Å²) in [6.07, 6.45) is 4.02. The molecule has 1 aliphatic rings. The number of alkyl halides is 1. The molecule has 0 aliphatic heterocycles. The van der Waals surface area contributed by atoms with E-state index in [4.69, 9.17) is 34.8 Å². The molecule has 1 aliphatic carbocycles. The molecule has 60 valence electrons. The van der Waals surface area contributed by atoms with Crippen LogP contribution in [0, 0.1) is 0 Å². The molecule has 0 radical (unpaired) electrons. The fourth-order valence-corrected chi connectivity index (χ4v) is 1.49. The molecule has 0 saturated heterocycles. The summed E-state index contributed by atoms with van der Waals surface area (Å²) in [6, 6.07) is 0. The molecule has 4 heteroatoms. The average Bonchev–Trinajstić information content (AvgIpc) is 1.94. The highest BCUT2D eigenvalue weighted by Gasteiger charge is 2.18. The lowest BCUT2D eigenvalue weighted by molar-refractivity contribution is -0.108. The first-order valence-corrected chi connectivity index (χ1v) is 4.22. The highest BCUT2D eigenvalue weighted by molar-refractivity contribution is 6.69. The molecule has 1 atom stereocenters. The van der Waals surface area contributed by atoms with Crippen molar-refractivity contribution in [3.8, 4) is 0 Å². The first-order valence-electron chi connectivity index (χ1n) is 3.03. The molecule has 1 unspecified atom stereocenters. The van der Waals surface area contributed by atoms with Crippen molar-refractivity contribution in [3.63, 3.8) is 0 Å². The number of halogens is 3. The molecule has 1 rings (SSSR count). The summed E-state index contributed by atoms with van der Waals surface area (Å²) in [4.78, 5) is 10.7. The Morgan fingerprint density at radius 1 is 1.64 bits per heavy atom. The van der Waals surface area contributed by atoms with Crippen molar-refractivity contribution in [1.82, 2.24) is 0 Å². The van der Waals surface area contributed by atoms with Crippen molar-refractivity contribution in [2.75, 3.05) is 0 Å². The number of carbonyl (C=O) groups is 1. The van der Waals surface area contributed by atoms with Crippen LogP contribution >= 0.6 is 34.8 Å². The fourth-order valence-electron chi connectivity index (χ4n) is 0.817. The third-order valence-electron chi connectivity index (χ3n) is 1.37. The normalized spacial score (nSPS) is 24.1. The smallest absolute Gasteiger partial charge is 0.253 e. The lowest BCUT2D eigenvalue weighted by Gasteiger charge is -2.11. The molecule has 0 bridgehead atoms. The highest BCUT2D eigenvalue weighted by atomic mass is 35.5. The maximum absolute atomic E-state index is 10.7. The average molecular weight is 211 g/mol. The lowest BCUT2D eigenvalue weighted by atomic mass is 10.1. The van der Waals surface area contributed by atoms with Crippen LogP contribution in [0.15, 0.2) is 22.8 Å². The van der Waals surface area contributed by atoms with Gasteiger partial charge in [0.2, 0.25) is 0 Å². The molecule has 0 aromatic carbocycles. The van der Waals surface area contributed by atoms with Gasteiger partial charge in [0.25, 0.3) is 5.24 Å². The molecule has 0 heterocycles. The monoisotopic (exact) mass is 210 g/mol. The molecule has 0 amide bonds. The second-order valence-electron chi connectivity index (χ2n) is 2.14. The molecule has 0 N–H and O–H groups in total. The highest BCUT2D eigenvalue weighted by Crippen LogP contribution is 2.28. The number of carbonyl (C=O) groups excluding carboxylic acids is 1. The Morgan fingerprint density at radius 2 is 2.27 bits per heavy atom. The molecule has 1 nitrogen and oxygen atoms in total. The number of hydrogen-bond acceptors (Lipinski definition) is 1. The summed E-state index contributed by atoms with van der Waals surface area (Å²) in [5.74, 6) is 0. The Kier molecular flexibility index (Phi) is 2.99. The van der Waals surface area contributed by atoms with Crippen molar-refractivity contribution >= 4 is 40.0 Å². The van der Waals surface area contributed by atoms with Crippen LogP contribution in [0.2, 0.25) is 0 Å². The Balaban J connectivity index is 2.98. The largest absolute Gasteiger partial charge is 0.276 e. The van der Waals surface area contributed by atoms with Gasteiger partial charge in [-0.3, -0.25) is 4.79 Å². The summed E-state index contributed by atoms with van der Waals surface area (Å²) in [6.45, 7) is 0. The van der Waals surface area contributed by atoms with Gasteiger partial charge in [-0.25, -0.2) is 0 Å². The predicted octanol–water partition coefficient (Wildman–Crippen LogP) is 2.81. The van der Waals surface area contributed by atoms with Crippen LogP contribution in [-0.4, -0.2) is 10.6 Å². The third-order valence-corrected chi connectivity index (χ3v) is 2.55. The minimum atomic E-state index is -0.559. The summed E-state index contributed by atoms with van der Waals surface area (Å²) in [5.41, 5.74) is 0.305. The van der Waals surface area contributed by atoms with Crippen LogP contribution < -0.4 is 0 Å². The first-order chi connectivity index (χ1) is 5.13. The SMILES string of the molecule is O=C(Cl)C1=C(Cl)C(Cl)CC=C1. The summed E-state index contributed by atoms with van der Waals surface area (Å²) in [5, 5.41) is -0.523. The summed E-state index contributed by atoms with van der Waals surface area (Å²) in [7, 11) is 0. The van der Waals surface area contributed by atoms with Crippen molar-refractivity contribution < 1.29 is 4.79 Å². The molecule has 11 heavy (non-hydrogen) atoms. The van der Waals surface area contributed by atoms with Gasteiger partial charge < -0.3 is 0 Å². The van der Waals surface area contributed by atoms with Gasteiger partial charge in [0.15, 0.2) is 0 Å². The molecule has 0 aromatic rings. The van der Waals surface area contributed by atoms with Crippen molar-refractivity contribution in [2.24, 2.45) is 0 Å². The fraction of sp³-hybridized carbons (Fsp3) is 0.286. The third kappa shape index (κ3) is 1.98. The molecular weight excluding hydrogens is 206 g/mol. The van der Waals surface area contributed by atoms with Crippen LogP contribution in [0.1, 0.15) is 6.42 Å². The second kappa shape index (κ2) is 3.61. The van der Waals surface area contributed by atoms with E-state index in [-0.39, 0.29) is 5.38 Å². The Bertz CT molecular complexity index is 242. The molecule has 0 aromatic heterocycles. The number of allylic oxidation sites excluding steroid dienone is 4. The van der Waals surface area contributed by atoms with E-state index < -0.39 is 5.24 Å².